The van der Waals surface area contributed by atoms with Gasteiger partial charge in [-0.25, -0.2) is 0 Å². The zero-order chi connectivity index (χ0) is 7.19. The fraction of sp³-hybridized carbons (Fsp3) is 1.00. The van der Waals surface area contributed by atoms with Crippen molar-refractivity contribution in [2.75, 3.05) is 6.61 Å². The van der Waals surface area contributed by atoms with E-state index in [4.69, 9.17) is 5.11 Å². The van der Waals surface area contributed by atoms with Gasteiger partial charge in [0.2, 0.25) is 0 Å². The van der Waals surface area contributed by atoms with Crippen LogP contribution in [-0.4, -0.2) is 23.3 Å². The molecule has 2 saturated heterocycles. The van der Waals surface area contributed by atoms with Crippen molar-refractivity contribution in [3.8, 4) is 0 Å². The molecule has 3 aliphatic rings. The summed E-state index contributed by atoms with van der Waals surface area (Å²) in [5.41, 5.74) is 0.141. The highest BCUT2D eigenvalue weighted by Crippen LogP contribution is 2.40. The molecule has 58 valence electrons. The minimum absolute atomic E-state index is 0.141. The first-order valence-corrected chi connectivity index (χ1v) is 4.13. The van der Waals surface area contributed by atoms with Crippen molar-refractivity contribution in [3.05, 3.63) is 0 Å². The number of hydrogen-bond acceptors (Lipinski definition) is 2. The minimum Gasteiger partial charge on any atom is -0.394 e. The third-order valence-corrected chi connectivity index (χ3v) is 2.88. The van der Waals surface area contributed by atoms with E-state index in [-0.39, 0.29) is 5.54 Å². The lowest BCUT2D eigenvalue weighted by atomic mass is 9.67. The van der Waals surface area contributed by atoms with Crippen molar-refractivity contribution in [3.63, 3.8) is 0 Å². The van der Waals surface area contributed by atoms with Crippen molar-refractivity contribution in [1.29, 1.82) is 0 Å². The summed E-state index contributed by atoms with van der Waals surface area (Å²) in [5, 5.41) is 12.5. The molecule has 0 radical (unpaired) electrons. The standard InChI is InChI=1S/C8H15NO/c1-6-2-7-4-8(3-6,5-10)9-7/h6-7,9-10H,2-5H2,1H3. The molecule has 0 amide bonds. The molecule has 0 aromatic rings. The van der Waals surface area contributed by atoms with Crippen LogP contribution in [0.25, 0.3) is 0 Å². The number of piperidine rings is 1. The normalized spacial score (nSPS) is 52.2. The van der Waals surface area contributed by atoms with Crippen LogP contribution < -0.4 is 5.32 Å². The van der Waals surface area contributed by atoms with Gasteiger partial charge in [-0.05, 0) is 25.2 Å². The topological polar surface area (TPSA) is 32.3 Å². The van der Waals surface area contributed by atoms with E-state index in [1.165, 1.54) is 19.3 Å². The predicted molar refractivity (Wildman–Crippen MR) is 39.8 cm³/mol. The van der Waals surface area contributed by atoms with Crippen molar-refractivity contribution in [1.82, 2.24) is 5.32 Å². The molecule has 3 unspecified atom stereocenters. The second kappa shape index (κ2) is 1.95. The van der Waals surface area contributed by atoms with Gasteiger partial charge in [-0.15, -0.1) is 0 Å². The summed E-state index contributed by atoms with van der Waals surface area (Å²) in [5.74, 6) is 0.812. The summed E-state index contributed by atoms with van der Waals surface area (Å²) in [7, 11) is 0. The number of hydrogen-bond donors (Lipinski definition) is 2. The van der Waals surface area contributed by atoms with Crippen LogP contribution in [0.1, 0.15) is 26.2 Å². The molecule has 3 atom stereocenters. The second-order valence-corrected chi connectivity index (χ2v) is 4.03. The highest BCUT2D eigenvalue weighted by atomic mass is 16.3. The molecular formula is C8H15NO. The van der Waals surface area contributed by atoms with Crippen LogP contribution in [0, 0.1) is 5.92 Å². The molecule has 2 N–H and O–H groups in total. The van der Waals surface area contributed by atoms with E-state index in [0.29, 0.717) is 6.61 Å². The number of nitrogens with one attached hydrogen (secondary N) is 1. The van der Waals surface area contributed by atoms with Crippen LogP contribution in [0.15, 0.2) is 0 Å². The summed E-state index contributed by atoms with van der Waals surface area (Å²) >= 11 is 0. The Balaban J connectivity index is 2.03. The molecule has 2 heterocycles. The first kappa shape index (κ1) is 6.62. The van der Waals surface area contributed by atoms with E-state index in [2.05, 4.69) is 12.2 Å². The Morgan fingerprint density at radius 1 is 1.60 bits per heavy atom. The molecule has 2 aliphatic heterocycles. The first-order chi connectivity index (χ1) is 4.74. The SMILES string of the molecule is CC1CC2CC(CO)(C1)N2. The second-order valence-electron chi connectivity index (χ2n) is 4.03. The highest BCUT2D eigenvalue weighted by Gasteiger charge is 2.48. The van der Waals surface area contributed by atoms with Gasteiger partial charge in [-0.2, -0.15) is 0 Å². The smallest absolute Gasteiger partial charge is 0.0614 e. The lowest BCUT2D eigenvalue weighted by molar-refractivity contribution is -0.00629. The van der Waals surface area contributed by atoms with E-state index < -0.39 is 0 Å². The fourth-order valence-electron chi connectivity index (χ4n) is 2.58. The lowest BCUT2D eigenvalue weighted by Gasteiger charge is -2.55. The molecule has 3 fully saturated rings. The average Bonchev–Trinajstić information content (AvgIpc) is 1.84. The van der Waals surface area contributed by atoms with Gasteiger partial charge in [0.25, 0.3) is 0 Å². The van der Waals surface area contributed by atoms with Crippen LogP contribution >= 0.6 is 0 Å². The number of aliphatic hydroxyl groups is 1. The number of fused-ring (bicyclic) bond motifs is 2. The summed E-state index contributed by atoms with van der Waals surface area (Å²) in [6.07, 6.45) is 3.68. The maximum absolute atomic E-state index is 9.04. The van der Waals surface area contributed by atoms with Gasteiger partial charge in [0.1, 0.15) is 0 Å². The van der Waals surface area contributed by atoms with Crippen LogP contribution in [0.3, 0.4) is 0 Å². The van der Waals surface area contributed by atoms with Gasteiger partial charge < -0.3 is 10.4 Å². The average molecular weight is 141 g/mol. The molecule has 10 heavy (non-hydrogen) atoms. The largest absolute Gasteiger partial charge is 0.394 e. The molecule has 3 rings (SSSR count). The molecule has 0 aromatic heterocycles. The van der Waals surface area contributed by atoms with Gasteiger partial charge in [-0.3, -0.25) is 0 Å². The molecular weight excluding hydrogens is 126 g/mol. The summed E-state index contributed by atoms with van der Waals surface area (Å²) in [6, 6.07) is 0.718. The van der Waals surface area contributed by atoms with Gasteiger partial charge in [-0.1, -0.05) is 6.92 Å². The third-order valence-electron chi connectivity index (χ3n) is 2.88. The van der Waals surface area contributed by atoms with E-state index in [9.17, 15) is 0 Å². The highest BCUT2D eigenvalue weighted by molar-refractivity contribution is 5.08. The van der Waals surface area contributed by atoms with Gasteiger partial charge in [0, 0.05) is 11.6 Å². The minimum atomic E-state index is 0.141. The Bertz CT molecular complexity index is 140. The van der Waals surface area contributed by atoms with E-state index >= 15 is 0 Å². The van der Waals surface area contributed by atoms with Crippen LogP contribution in [0.2, 0.25) is 0 Å². The van der Waals surface area contributed by atoms with Crippen molar-refractivity contribution in [2.45, 2.75) is 37.8 Å². The third kappa shape index (κ3) is 0.789. The number of aliphatic hydroxyl groups excluding tert-OH is 1. The monoisotopic (exact) mass is 141 g/mol. The molecule has 2 bridgehead atoms. The zero-order valence-electron chi connectivity index (χ0n) is 6.43. The molecule has 1 aliphatic carbocycles. The van der Waals surface area contributed by atoms with E-state index in [1.807, 2.05) is 0 Å². The molecule has 0 aromatic carbocycles. The van der Waals surface area contributed by atoms with Crippen molar-refractivity contribution < 1.29 is 5.11 Å². The summed E-state index contributed by atoms with van der Waals surface area (Å²) in [6.45, 7) is 2.60. The number of rotatable bonds is 1. The summed E-state index contributed by atoms with van der Waals surface area (Å²) in [4.78, 5) is 0. The molecule has 0 spiro atoms. The Labute approximate surface area is 61.6 Å². The molecule has 2 nitrogen and oxygen atoms in total. The first-order valence-electron chi connectivity index (χ1n) is 4.13. The lowest BCUT2D eigenvalue weighted by Crippen LogP contribution is -2.69. The van der Waals surface area contributed by atoms with Crippen LogP contribution in [0.5, 0.6) is 0 Å². The Kier molecular flexibility index (Phi) is 1.29. The molecule has 1 saturated carbocycles. The van der Waals surface area contributed by atoms with Gasteiger partial charge >= 0.3 is 0 Å². The maximum Gasteiger partial charge on any atom is 0.0614 e. The van der Waals surface area contributed by atoms with Crippen LogP contribution in [-0.2, 0) is 0 Å². The van der Waals surface area contributed by atoms with Crippen molar-refractivity contribution in [2.24, 2.45) is 5.92 Å². The van der Waals surface area contributed by atoms with Gasteiger partial charge in [0.15, 0.2) is 0 Å². The van der Waals surface area contributed by atoms with E-state index in [1.54, 1.807) is 0 Å². The summed E-state index contributed by atoms with van der Waals surface area (Å²) < 4.78 is 0. The van der Waals surface area contributed by atoms with Crippen LogP contribution in [0.4, 0.5) is 0 Å². The Hall–Kier alpha value is -0.0800. The van der Waals surface area contributed by atoms with Gasteiger partial charge in [0.05, 0.1) is 6.61 Å². The Morgan fingerprint density at radius 3 is 2.70 bits per heavy atom. The quantitative estimate of drug-likeness (QED) is 0.557. The predicted octanol–water partition coefficient (Wildman–Crippen LogP) is 0.509. The molecule has 2 heteroatoms. The Morgan fingerprint density at radius 2 is 2.30 bits per heavy atom. The maximum atomic E-state index is 9.04. The fourth-order valence-corrected chi connectivity index (χ4v) is 2.58. The zero-order valence-corrected chi connectivity index (χ0v) is 6.43. The van der Waals surface area contributed by atoms with Crippen molar-refractivity contribution >= 4 is 0 Å². The van der Waals surface area contributed by atoms with E-state index in [0.717, 1.165) is 12.0 Å².